The minimum atomic E-state index is -1.12. The number of ether oxygens (including phenoxy) is 2. The Hall–Kier alpha value is -5.34. The summed E-state index contributed by atoms with van der Waals surface area (Å²) in [7, 11) is 10.5. The van der Waals surface area contributed by atoms with Crippen LogP contribution in [0.5, 0.6) is 0 Å². The zero-order chi connectivity index (χ0) is 50.0. The first-order valence-corrected chi connectivity index (χ1v) is 20.2. The van der Waals surface area contributed by atoms with E-state index in [1.165, 1.54) is 40.3 Å². The topological polar surface area (TPSA) is 321 Å². The maximum atomic E-state index is 11.3. The summed E-state index contributed by atoms with van der Waals surface area (Å²) in [5, 5.41) is 34.0. The molecule has 0 fully saturated rings. The number of hydrogen-bond acceptors (Lipinski definition) is 19. The van der Waals surface area contributed by atoms with Crippen molar-refractivity contribution in [1.29, 1.82) is 0 Å². The van der Waals surface area contributed by atoms with Crippen LogP contribution in [0.2, 0.25) is 0 Å². The Morgan fingerprint density at radius 3 is 1.46 bits per heavy atom. The number of carbonyl (C=O) groups excluding carboxylic acids is 2. The Bertz CT molecular complexity index is 2430. The van der Waals surface area contributed by atoms with Crippen molar-refractivity contribution in [2.45, 2.75) is 80.4 Å². The minimum Gasteiger partial charge on any atom is -0.870 e. The number of nitrogens with two attached hydrogens (primary N) is 1. The number of esters is 2. The van der Waals surface area contributed by atoms with E-state index >= 15 is 0 Å². The van der Waals surface area contributed by atoms with Gasteiger partial charge in [0.2, 0.25) is 17.5 Å². The van der Waals surface area contributed by atoms with E-state index in [1.54, 1.807) is 62.7 Å². The van der Waals surface area contributed by atoms with E-state index in [2.05, 4.69) is 70.5 Å². The number of aliphatic imine (C=N–C) groups is 1. The Morgan fingerprint density at radius 2 is 1.15 bits per heavy atom. The van der Waals surface area contributed by atoms with Crippen molar-refractivity contribution >= 4 is 46.9 Å². The second-order valence-corrected chi connectivity index (χ2v) is 15.5. The normalized spacial score (nSPS) is 10.9. The summed E-state index contributed by atoms with van der Waals surface area (Å²) >= 11 is 3.22. The number of methoxy groups -OCH3 is 2. The van der Waals surface area contributed by atoms with Crippen LogP contribution in [0, 0.1) is 34.6 Å². The van der Waals surface area contributed by atoms with Crippen LogP contribution >= 0.6 is 15.9 Å². The van der Waals surface area contributed by atoms with Gasteiger partial charge in [0.25, 0.3) is 0 Å². The number of carbonyl (C=O) groups is 3. The SMILES string of the molecule is CN=C([B]OC(C)(C)C(C)(C)O)C(C)=CN.CO.COC(=O)c1ncc(-c2c(C)cnn2C)c(C)n1.COC(=O)c1ncc(Br)c(C)n1.Cc1cnn(C)c1-c1cnc(C(=O)O)nc1C.[Na+].[OH-]. The van der Waals surface area contributed by atoms with Gasteiger partial charge in [-0.1, -0.05) is 0 Å². The van der Waals surface area contributed by atoms with Crippen LogP contribution in [0.3, 0.4) is 0 Å². The van der Waals surface area contributed by atoms with Crippen molar-refractivity contribution in [3.8, 4) is 22.5 Å². The van der Waals surface area contributed by atoms with E-state index in [9.17, 15) is 19.5 Å². The van der Waals surface area contributed by atoms with Crippen LogP contribution < -0.4 is 35.3 Å². The number of aromatic nitrogens is 10. The number of carboxylic acid groups (broad SMARTS) is 1. The van der Waals surface area contributed by atoms with Crippen molar-refractivity contribution in [3.05, 3.63) is 92.9 Å². The number of hydrogen-bond donors (Lipinski definition) is 4. The van der Waals surface area contributed by atoms with Crippen molar-refractivity contribution in [3.63, 3.8) is 0 Å². The summed E-state index contributed by atoms with van der Waals surface area (Å²) in [6.07, 6.45) is 9.67. The molecule has 359 valence electrons. The molecule has 0 aliphatic heterocycles. The fourth-order valence-corrected chi connectivity index (χ4v) is 5.15. The molecule has 5 aromatic heterocycles. The summed E-state index contributed by atoms with van der Waals surface area (Å²) < 4.78 is 18.9. The molecule has 0 aliphatic carbocycles. The molecule has 0 bridgehead atoms. The molecule has 0 spiro atoms. The number of aromatic carboxylic acids is 1. The fourth-order valence-electron chi connectivity index (χ4n) is 4.96. The standard InChI is InChI=1S/C12H14N4O2.C11H22BN2O2.C11H12N4O2.C7H7BrN2O2.CH4O.Na.H2O/c1-7-5-14-16(3)10(7)9-6-13-11(12(17)18-4)15-8(9)2;1-8(7-13)9(14-6)12-16-11(4,5)10(2,3)15;1-6-4-13-15(3)9(6)8-5-12-10(11(16)17)14-7(8)2;1-4-5(8)3-9-6(10-4)7(11)12-2;1-2;;/h5-6H,1-4H3;7,15H,13H2,1-6H3;4-5H,1-3H3,(H,16,17);3H,1-2H3;2H,1H3;;1H2/q;;;;;+1;/p-1. The molecule has 0 atom stereocenters. The van der Waals surface area contributed by atoms with Gasteiger partial charge in [0.15, 0.2) is 0 Å². The zero-order valence-electron chi connectivity index (χ0n) is 41.2. The minimum absolute atomic E-state index is 0. The van der Waals surface area contributed by atoms with E-state index in [0.717, 1.165) is 56.5 Å². The molecule has 0 amide bonds. The third-order valence-corrected chi connectivity index (χ3v) is 10.2. The average Bonchev–Trinajstić information content (AvgIpc) is 3.79. The summed E-state index contributed by atoms with van der Waals surface area (Å²) in [5.74, 6) is -2.22. The molecule has 1 radical (unpaired) electrons. The van der Waals surface area contributed by atoms with Gasteiger partial charge in [-0.2, -0.15) is 10.2 Å². The fraction of sp³-hybridized carbons (Fsp3) is 0.429. The number of aryl methyl sites for hydroxylation is 7. The Balaban J connectivity index is 0. The van der Waals surface area contributed by atoms with E-state index in [0.29, 0.717) is 17.0 Å². The number of aliphatic hydroxyl groups is 2. The maximum absolute atomic E-state index is 11.3. The van der Waals surface area contributed by atoms with Crippen LogP contribution in [0.4, 0.5) is 0 Å². The predicted octanol–water partition coefficient (Wildman–Crippen LogP) is 1.31. The van der Waals surface area contributed by atoms with Gasteiger partial charge in [-0.05, 0) is 108 Å². The van der Waals surface area contributed by atoms with Gasteiger partial charge in [0.1, 0.15) is 0 Å². The summed E-state index contributed by atoms with van der Waals surface area (Å²) in [5.41, 5.74) is 12.9. The molecule has 0 saturated heterocycles. The van der Waals surface area contributed by atoms with Crippen molar-refractivity contribution in [2.75, 3.05) is 28.4 Å². The number of halogens is 1. The van der Waals surface area contributed by atoms with Crippen LogP contribution in [0.15, 0.2) is 52.2 Å². The first kappa shape index (κ1) is 63.7. The number of nitrogens with zero attached hydrogens (tertiary/aromatic N) is 11. The third kappa shape index (κ3) is 18.4. The van der Waals surface area contributed by atoms with Crippen molar-refractivity contribution < 1.29 is 78.9 Å². The second kappa shape index (κ2) is 29.4. The zero-order valence-corrected chi connectivity index (χ0v) is 44.7. The molecule has 22 nitrogen and oxygen atoms in total. The summed E-state index contributed by atoms with van der Waals surface area (Å²) in [4.78, 5) is 60.7. The first-order valence-electron chi connectivity index (χ1n) is 19.4. The average molecular weight is 1010 g/mol. The number of carboxylic acids is 1. The van der Waals surface area contributed by atoms with Gasteiger partial charge < -0.3 is 45.6 Å². The second-order valence-electron chi connectivity index (χ2n) is 14.7. The van der Waals surface area contributed by atoms with Crippen LogP contribution in [-0.4, -0.2) is 141 Å². The van der Waals surface area contributed by atoms with Crippen LogP contribution in [0.25, 0.3) is 22.5 Å². The van der Waals surface area contributed by atoms with Crippen molar-refractivity contribution in [2.24, 2.45) is 24.8 Å². The number of rotatable bonds is 10. The quantitative estimate of drug-likeness (QED) is 0.0870. The monoisotopic (exact) mass is 1010 g/mol. The van der Waals surface area contributed by atoms with Crippen molar-refractivity contribution in [1.82, 2.24) is 49.5 Å². The van der Waals surface area contributed by atoms with Gasteiger partial charge in [-0.15, -0.1) is 0 Å². The molecular weight excluding hydrogens is 946 g/mol. The smallest absolute Gasteiger partial charge is 0.870 e. The molecule has 0 aliphatic rings. The molecule has 25 heteroatoms. The van der Waals surface area contributed by atoms with Gasteiger partial charge in [-0.3, -0.25) is 9.36 Å². The molecule has 67 heavy (non-hydrogen) atoms. The largest absolute Gasteiger partial charge is 1.00 e. The number of allylic oxidation sites excluding steroid dienone is 1. The van der Waals surface area contributed by atoms with Crippen LogP contribution in [-0.2, 0) is 28.2 Å². The van der Waals surface area contributed by atoms with Gasteiger partial charge >= 0.3 is 54.9 Å². The van der Waals surface area contributed by atoms with Crippen LogP contribution in [0.1, 0.15) is 94.7 Å². The molecule has 5 aromatic rings. The van der Waals surface area contributed by atoms with E-state index in [4.69, 9.17) is 20.6 Å². The van der Waals surface area contributed by atoms with Gasteiger partial charge in [0, 0.05) is 63.6 Å². The summed E-state index contributed by atoms with van der Waals surface area (Å²) in [6.45, 7) is 18.2. The van der Waals surface area contributed by atoms with E-state index in [-0.39, 0.29) is 52.5 Å². The first-order chi connectivity index (χ1) is 30.3. The van der Waals surface area contributed by atoms with Gasteiger partial charge in [-0.25, -0.2) is 44.3 Å². The Kier molecular flexibility index (Phi) is 28.0. The van der Waals surface area contributed by atoms with Gasteiger partial charge in [0.05, 0.1) is 70.8 Å². The van der Waals surface area contributed by atoms with E-state index < -0.39 is 29.1 Å². The molecule has 0 unspecified atom stereocenters. The molecule has 5 rings (SSSR count). The summed E-state index contributed by atoms with van der Waals surface area (Å²) in [6, 6.07) is 0. The number of aliphatic hydroxyl groups excluding tert-OH is 1. The molecule has 5 heterocycles. The molecular formula is C42H60BBrN12NaO10. The molecule has 6 N–H and O–H groups in total. The van der Waals surface area contributed by atoms with E-state index in [1.807, 2.05) is 55.6 Å². The Labute approximate surface area is 422 Å². The predicted molar refractivity (Wildman–Crippen MR) is 250 cm³/mol. The Morgan fingerprint density at radius 1 is 0.761 bits per heavy atom. The third-order valence-electron chi connectivity index (χ3n) is 9.39. The molecule has 0 saturated carbocycles. The molecule has 0 aromatic carbocycles. The maximum Gasteiger partial charge on any atom is 1.00 e.